The van der Waals surface area contributed by atoms with Crippen LogP contribution in [0.5, 0.6) is 11.5 Å². The van der Waals surface area contributed by atoms with Crippen molar-refractivity contribution in [2.24, 2.45) is 0 Å². The lowest BCUT2D eigenvalue weighted by molar-refractivity contribution is -0.149. The third kappa shape index (κ3) is 6.67. The minimum Gasteiger partial charge on any atom is -0.489 e. The first-order chi connectivity index (χ1) is 14.6. The molecule has 3 rings (SSSR count). The second-order valence-corrected chi connectivity index (χ2v) is 6.56. The normalized spacial score (nSPS) is 10.2. The molecule has 0 aromatic heterocycles. The van der Waals surface area contributed by atoms with E-state index in [4.69, 9.17) is 14.2 Å². The fourth-order valence-electron chi connectivity index (χ4n) is 2.60. The molecule has 0 spiro atoms. The van der Waals surface area contributed by atoms with Gasteiger partial charge in [0.05, 0.1) is 0 Å². The van der Waals surface area contributed by atoms with Gasteiger partial charge in [0, 0.05) is 5.69 Å². The number of hydrogen-bond acceptors (Lipinski definition) is 5. The Morgan fingerprint density at radius 1 is 0.767 bits per heavy atom. The van der Waals surface area contributed by atoms with Gasteiger partial charge >= 0.3 is 5.97 Å². The minimum atomic E-state index is -0.626. The number of hydrogen-bond donors (Lipinski definition) is 1. The molecule has 0 aliphatic heterocycles. The van der Waals surface area contributed by atoms with Gasteiger partial charge in [-0.05, 0) is 48.4 Å². The Kier molecular flexibility index (Phi) is 7.44. The van der Waals surface area contributed by atoms with Crippen molar-refractivity contribution in [3.05, 3.63) is 90.0 Å². The SMILES string of the molecule is Cc1ccccc1NC(=O)COC(=O)COc1ccc(OCc2ccccc2)cc1. The van der Waals surface area contributed by atoms with Crippen LogP contribution in [0, 0.1) is 6.92 Å². The van der Waals surface area contributed by atoms with E-state index >= 15 is 0 Å². The van der Waals surface area contributed by atoms with Gasteiger partial charge in [-0.25, -0.2) is 4.79 Å². The highest BCUT2D eigenvalue weighted by molar-refractivity contribution is 5.93. The number of amides is 1. The van der Waals surface area contributed by atoms with Gasteiger partial charge in [0.2, 0.25) is 0 Å². The van der Waals surface area contributed by atoms with Crippen molar-refractivity contribution in [1.82, 2.24) is 0 Å². The number of ether oxygens (including phenoxy) is 3. The van der Waals surface area contributed by atoms with Crippen molar-refractivity contribution >= 4 is 17.6 Å². The first-order valence-electron chi connectivity index (χ1n) is 9.51. The van der Waals surface area contributed by atoms with E-state index in [1.54, 1.807) is 30.3 Å². The molecular formula is C24H23NO5. The summed E-state index contributed by atoms with van der Waals surface area (Å²) in [4.78, 5) is 23.7. The summed E-state index contributed by atoms with van der Waals surface area (Å²) in [6, 6.07) is 24.2. The molecule has 0 unspecified atom stereocenters. The predicted molar refractivity (Wildman–Crippen MR) is 113 cm³/mol. The van der Waals surface area contributed by atoms with Crippen molar-refractivity contribution in [3.63, 3.8) is 0 Å². The molecule has 0 bridgehead atoms. The zero-order valence-electron chi connectivity index (χ0n) is 16.7. The number of rotatable bonds is 9. The molecule has 6 heteroatoms. The molecule has 30 heavy (non-hydrogen) atoms. The van der Waals surface area contributed by atoms with E-state index < -0.39 is 11.9 Å². The topological polar surface area (TPSA) is 73.9 Å². The molecule has 0 atom stereocenters. The number of anilines is 1. The van der Waals surface area contributed by atoms with Crippen molar-refractivity contribution in [3.8, 4) is 11.5 Å². The number of carbonyl (C=O) groups is 2. The van der Waals surface area contributed by atoms with E-state index in [9.17, 15) is 9.59 Å². The minimum absolute atomic E-state index is 0.290. The Morgan fingerprint density at radius 3 is 2.10 bits per heavy atom. The quantitative estimate of drug-likeness (QED) is 0.542. The van der Waals surface area contributed by atoms with Gasteiger partial charge < -0.3 is 19.5 Å². The van der Waals surface area contributed by atoms with E-state index in [1.807, 2.05) is 55.5 Å². The van der Waals surface area contributed by atoms with Crippen LogP contribution < -0.4 is 14.8 Å². The summed E-state index contributed by atoms with van der Waals surface area (Å²) in [5, 5.41) is 2.70. The van der Waals surface area contributed by atoms with E-state index in [0.29, 0.717) is 23.8 Å². The fraction of sp³-hybridized carbons (Fsp3) is 0.167. The molecular weight excluding hydrogens is 382 g/mol. The van der Waals surface area contributed by atoms with Crippen molar-refractivity contribution in [1.29, 1.82) is 0 Å². The summed E-state index contributed by atoms with van der Waals surface area (Å²) in [5.41, 5.74) is 2.69. The first-order valence-corrected chi connectivity index (χ1v) is 9.51. The molecule has 0 aliphatic carbocycles. The fourth-order valence-corrected chi connectivity index (χ4v) is 2.60. The molecule has 0 radical (unpaired) electrons. The summed E-state index contributed by atoms with van der Waals surface area (Å²) in [6.45, 7) is 1.69. The van der Waals surface area contributed by atoms with Crippen LogP contribution >= 0.6 is 0 Å². The Bertz CT molecular complexity index is 970. The average Bonchev–Trinajstić information content (AvgIpc) is 2.78. The van der Waals surface area contributed by atoms with Gasteiger partial charge in [0.15, 0.2) is 13.2 Å². The number of aryl methyl sites for hydroxylation is 1. The number of carbonyl (C=O) groups excluding carboxylic acids is 2. The van der Waals surface area contributed by atoms with Crippen LogP contribution in [0.4, 0.5) is 5.69 Å². The van der Waals surface area contributed by atoms with Crippen molar-refractivity contribution < 1.29 is 23.8 Å². The maximum absolute atomic E-state index is 11.9. The monoisotopic (exact) mass is 405 g/mol. The second-order valence-electron chi connectivity index (χ2n) is 6.56. The average molecular weight is 405 g/mol. The molecule has 1 N–H and O–H groups in total. The Hall–Kier alpha value is -3.80. The van der Waals surface area contributed by atoms with Crippen LogP contribution in [0.1, 0.15) is 11.1 Å². The lowest BCUT2D eigenvalue weighted by atomic mass is 10.2. The van der Waals surface area contributed by atoms with E-state index in [2.05, 4.69) is 5.32 Å². The van der Waals surface area contributed by atoms with Gasteiger partial charge in [0.1, 0.15) is 18.1 Å². The standard InChI is InChI=1S/C24H23NO5/c1-18-7-5-6-10-22(18)25-23(26)16-30-24(27)17-29-21-13-11-20(12-14-21)28-15-19-8-3-2-4-9-19/h2-14H,15-17H2,1H3,(H,25,26). The molecule has 0 aliphatic rings. The molecule has 3 aromatic rings. The van der Waals surface area contributed by atoms with Gasteiger partial charge in [-0.2, -0.15) is 0 Å². The van der Waals surface area contributed by atoms with Crippen LogP contribution in [0.3, 0.4) is 0 Å². The Labute approximate surface area is 175 Å². The lowest BCUT2D eigenvalue weighted by Crippen LogP contribution is -2.23. The molecule has 154 valence electrons. The van der Waals surface area contributed by atoms with Gasteiger partial charge in [-0.15, -0.1) is 0 Å². The van der Waals surface area contributed by atoms with Gasteiger partial charge in [-0.3, -0.25) is 4.79 Å². The largest absolute Gasteiger partial charge is 0.489 e. The smallest absolute Gasteiger partial charge is 0.344 e. The van der Waals surface area contributed by atoms with Gasteiger partial charge in [0.25, 0.3) is 5.91 Å². The molecule has 0 saturated carbocycles. The molecule has 0 heterocycles. The number of benzene rings is 3. The van der Waals surface area contributed by atoms with Crippen LogP contribution in [0.15, 0.2) is 78.9 Å². The second kappa shape index (κ2) is 10.7. The maximum Gasteiger partial charge on any atom is 0.344 e. The van der Waals surface area contributed by atoms with Gasteiger partial charge in [-0.1, -0.05) is 48.5 Å². The molecule has 0 saturated heterocycles. The Morgan fingerprint density at radius 2 is 1.40 bits per heavy atom. The summed E-state index contributed by atoms with van der Waals surface area (Å²) in [7, 11) is 0. The summed E-state index contributed by atoms with van der Waals surface area (Å²) >= 11 is 0. The van der Waals surface area contributed by atoms with E-state index in [-0.39, 0.29) is 13.2 Å². The first kappa shape index (κ1) is 20.9. The zero-order chi connectivity index (χ0) is 21.2. The predicted octanol–water partition coefficient (Wildman–Crippen LogP) is 4.13. The lowest BCUT2D eigenvalue weighted by Gasteiger charge is -2.10. The van der Waals surface area contributed by atoms with Crippen LogP contribution in [0.2, 0.25) is 0 Å². The molecule has 1 amide bonds. The van der Waals surface area contributed by atoms with Crippen LogP contribution in [-0.4, -0.2) is 25.1 Å². The molecule has 3 aromatic carbocycles. The number of esters is 1. The maximum atomic E-state index is 11.9. The third-order valence-electron chi connectivity index (χ3n) is 4.21. The van der Waals surface area contributed by atoms with E-state index in [1.165, 1.54) is 0 Å². The van der Waals surface area contributed by atoms with Crippen molar-refractivity contribution in [2.45, 2.75) is 13.5 Å². The summed E-state index contributed by atoms with van der Waals surface area (Å²) in [6.07, 6.45) is 0. The molecule has 6 nitrogen and oxygen atoms in total. The number of para-hydroxylation sites is 1. The zero-order valence-corrected chi connectivity index (χ0v) is 16.7. The van der Waals surface area contributed by atoms with Crippen molar-refractivity contribution in [2.75, 3.05) is 18.5 Å². The van der Waals surface area contributed by atoms with Crippen LogP contribution in [-0.2, 0) is 20.9 Å². The molecule has 0 fully saturated rings. The highest BCUT2D eigenvalue weighted by Crippen LogP contribution is 2.19. The third-order valence-corrected chi connectivity index (χ3v) is 4.21. The highest BCUT2D eigenvalue weighted by atomic mass is 16.6. The Balaban J connectivity index is 1.37. The number of nitrogens with one attached hydrogen (secondary N) is 1. The highest BCUT2D eigenvalue weighted by Gasteiger charge is 2.10. The van der Waals surface area contributed by atoms with E-state index in [0.717, 1.165) is 11.1 Å². The summed E-state index contributed by atoms with van der Waals surface area (Å²) < 4.78 is 16.0. The summed E-state index contributed by atoms with van der Waals surface area (Å²) in [5.74, 6) is 0.168. The van der Waals surface area contributed by atoms with Crippen LogP contribution in [0.25, 0.3) is 0 Å².